The van der Waals surface area contributed by atoms with Crippen molar-refractivity contribution in [3.63, 3.8) is 0 Å². The Hall–Kier alpha value is -1.63. The van der Waals surface area contributed by atoms with Crippen LogP contribution in [0.5, 0.6) is 0 Å². The monoisotopic (exact) mass is 305 g/mol. The Morgan fingerprint density at radius 3 is 3.00 bits per heavy atom. The fraction of sp³-hybridized carbons (Fsp3) is 0.562. The van der Waals surface area contributed by atoms with Gasteiger partial charge in [-0.25, -0.2) is 0 Å². The second-order valence-corrected chi connectivity index (χ2v) is 5.85. The van der Waals surface area contributed by atoms with Crippen LogP contribution in [0.3, 0.4) is 0 Å². The van der Waals surface area contributed by atoms with Gasteiger partial charge in [-0.15, -0.1) is 0 Å². The smallest absolute Gasteiger partial charge is 0.129 e. The van der Waals surface area contributed by atoms with Gasteiger partial charge in [-0.3, -0.25) is 5.10 Å². The van der Waals surface area contributed by atoms with Crippen molar-refractivity contribution in [3.05, 3.63) is 42.1 Å². The first-order valence-corrected chi connectivity index (χ1v) is 7.80. The summed E-state index contributed by atoms with van der Waals surface area (Å²) in [6.45, 7) is 3.42. The van der Waals surface area contributed by atoms with E-state index in [1.165, 1.54) is 5.56 Å². The highest BCUT2D eigenvalue weighted by atomic mass is 16.5. The van der Waals surface area contributed by atoms with E-state index in [0.29, 0.717) is 25.7 Å². The van der Waals surface area contributed by atoms with Gasteiger partial charge in [-0.05, 0) is 49.5 Å². The Morgan fingerprint density at radius 2 is 2.32 bits per heavy atom. The van der Waals surface area contributed by atoms with Crippen LogP contribution in [0.15, 0.2) is 35.2 Å². The van der Waals surface area contributed by atoms with E-state index >= 15 is 0 Å². The van der Waals surface area contributed by atoms with Gasteiger partial charge in [0.2, 0.25) is 0 Å². The van der Waals surface area contributed by atoms with Crippen LogP contribution in [0.2, 0.25) is 0 Å². The molecule has 3 heterocycles. The number of furan rings is 1. The van der Waals surface area contributed by atoms with Gasteiger partial charge in [-0.2, -0.15) is 5.10 Å². The van der Waals surface area contributed by atoms with E-state index in [0.717, 1.165) is 31.7 Å². The molecular formula is C16H23N3O3. The van der Waals surface area contributed by atoms with Gasteiger partial charge in [-0.1, -0.05) is 0 Å². The molecule has 0 spiro atoms. The maximum atomic E-state index is 10.1. The van der Waals surface area contributed by atoms with Gasteiger partial charge in [0, 0.05) is 12.7 Å². The molecule has 0 aromatic carbocycles. The second-order valence-electron chi connectivity index (χ2n) is 5.85. The lowest BCUT2D eigenvalue weighted by Crippen LogP contribution is -2.39. The molecule has 120 valence electrons. The third kappa shape index (κ3) is 4.19. The zero-order chi connectivity index (χ0) is 15.2. The summed E-state index contributed by atoms with van der Waals surface area (Å²) in [4.78, 5) is 2.30. The minimum Gasteiger partial charge on any atom is -0.467 e. The Morgan fingerprint density at radius 1 is 1.45 bits per heavy atom. The summed E-state index contributed by atoms with van der Waals surface area (Å²) in [5, 5.41) is 17.0. The number of aromatic nitrogens is 2. The zero-order valence-corrected chi connectivity index (χ0v) is 12.6. The molecule has 1 saturated heterocycles. The molecule has 0 radical (unpaired) electrons. The van der Waals surface area contributed by atoms with Crippen molar-refractivity contribution >= 4 is 0 Å². The summed E-state index contributed by atoms with van der Waals surface area (Å²) in [6, 6.07) is 3.70. The van der Waals surface area contributed by atoms with Crippen LogP contribution in [0.4, 0.5) is 0 Å². The van der Waals surface area contributed by atoms with E-state index in [1.807, 2.05) is 24.5 Å². The van der Waals surface area contributed by atoms with Gasteiger partial charge >= 0.3 is 0 Å². The van der Waals surface area contributed by atoms with E-state index in [1.54, 1.807) is 6.26 Å². The Bertz CT molecular complexity index is 519. The predicted octanol–water partition coefficient (Wildman–Crippen LogP) is 1.76. The fourth-order valence-corrected chi connectivity index (χ4v) is 2.97. The van der Waals surface area contributed by atoms with E-state index in [-0.39, 0.29) is 0 Å². The summed E-state index contributed by atoms with van der Waals surface area (Å²) < 4.78 is 10.7. The molecule has 1 aliphatic heterocycles. The Labute approximate surface area is 130 Å². The number of nitrogens with one attached hydrogen (secondary N) is 1. The lowest BCUT2D eigenvalue weighted by Gasteiger charge is -2.32. The van der Waals surface area contributed by atoms with Crippen LogP contribution in [0.25, 0.3) is 0 Å². The number of nitrogens with zero attached hydrogens (tertiary/aromatic N) is 2. The average molecular weight is 305 g/mol. The molecule has 3 rings (SSSR count). The Kier molecular flexibility index (Phi) is 5.26. The molecule has 22 heavy (non-hydrogen) atoms. The van der Waals surface area contributed by atoms with Crippen LogP contribution in [-0.4, -0.2) is 52.5 Å². The van der Waals surface area contributed by atoms with Gasteiger partial charge in [0.15, 0.2) is 0 Å². The first-order chi connectivity index (χ1) is 10.8. The molecule has 2 aromatic rings. The molecule has 0 aliphatic carbocycles. The summed E-state index contributed by atoms with van der Waals surface area (Å²) in [7, 11) is 0. The number of aliphatic hydroxyl groups excluding tert-OH is 1. The molecular weight excluding hydrogens is 282 g/mol. The van der Waals surface area contributed by atoms with E-state index in [9.17, 15) is 5.11 Å². The molecule has 0 unspecified atom stereocenters. The van der Waals surface area contributed by atoms with Crippen LogP contribution in [-0.2, 0) is 11.3 Å². The molecule has 6 heteroatoms. The van der Waals surface area contributed by atoms with Crippen molar-refractivity contribution in [2.75, 3.05) is 26.2 Å². The molecule has 0 saturated carbocycles. The van der Waals surface area contributed by atoms with Gasteiger partial charge in [0.25, 0.3) is 0 Å². The number of hydrogen-bond donors (Lipinski definition) is 2. The highest BCUT2D eigenvalue weighted by Gasteiger charge is 2.22. The number of aliphatic hydroxyl groups is 1. The summed E-state index contributed by atoms with van der Waals surface area (Å²) in [6.07, 6.45) is 7.29. The molecule has 1 aliphatic rings. The number of H-pyrrole nitrogens is 1. The minimum atomic E-state index is -0.458. The number of β-amino-alcohol motifs (C(OH)–C–C–N with tert-alkyl or cyclic N) is 1. The van der Waals surface area contributed by atoms with Crippen LogP contribution < -0.4 is 0 Å². The summed E-state index contributed by atoms with van der Waals surface area (Å²) >= 11 is 0. The number of likely N-dealkylation sites (tertiary alicyclic amines) is 1. The standard InChI is InChI=1S/C16H23N3O3/c20-15(11-21-12-16-2-1-7-22-16)10-19-5-3-13(4-6-19)14-8-17-18-9-14/h1-2,7-9,13,15,20H,3-6,10-12H2,(H,17,18)/t15-/m1/s1. The molecule has 0 bridgehead atoms. The predicted molar refractivity (Wildman–Crippen MR) is 81.4 cm³/mol. The third-order valence-corrected chi connectivity index (χ3v) is 4.18. The van der Waals surface area contributed by atoms with E-state index in [2.05, 4.69) is 15.1 Å². The van der Waals surface area contributed by atoms with Crippen molar-refractivity contribution in [2.24, 2.45) is 0 Å². The van der Waals surface area contributed by atoms with E-state index in [4.69, 9.17) is 9.15 Å². The van der Waals surface area contributed by atoms with Gasteiger partial charge in [0.05, 0.1) is 25.2 Å². The second kappa shape index (κ2) is 7.58. The van der Waals surface area contributed by atoms with Crippen molar-refractivity contribution < 1.29 is 14.3 Å². The zero-order valence-electron chi connectivity index (χ0n) is 12.6. The first-order valence-electron chi connectivity index (χ1n) is 7.80. The van der Waals surface area contributed by atoms with Crippen molar-refractivity contribution in [2.45, 2.75) is 31.5 Å². The maximum Gasteiger partial charge on any atom is 0.129 e. The normalized spacial score (nSPS) is 18.6. The highest BCUT2D eigenvalue weighted by molar-refractivity contribution is 5.11. The SMILES string of the molecule is O[C@@H](COCc1ccco1)CN1CCC(c2cn[nH]c2)CC1. The quantitative estimate of drug-likeness (QED) is 0.815. The number of ether oxygens (including phenoxy) is 1. The topological polar surface area (TPSA) is 74.5 Å². The maximum absolute atomic E-state index is 10.1. The van der Waals surface area contributed by atoms with Gasteiger partial charge < -0.3 is 19.2 Å². The average Bonchev–Trinajstić information content (AvgIpc) is 3.21. The molecule has 6 nitrogen and oxygen atoms in total. The number of rotatable bonds is 7. The lowest BCUT2D eigenvalue weighted by atomic mass is 9.91. The number of piperidine rings is 1. The summed E-state index contributed by atoms with van der Waals surface area (Å²) in [5.41, 5.74) is 1.29. The van der Waals surface area contributed by atoms with Crippen LogP contribution in [0.1, 0.15) is 30.1 Å². The van der Waals surface area contributed by atoms with E-state index < -0.39 is 6.10 Å². The third-order valence-electron chi connectivity index (χ3n) is 4.18. The minimum absolute atomic E-state index is 0.336. The van der Waals surface area contributed by atoms with Crippen molar-refractivity contribution in [1.29, 1.82) is 0 Å². The number of hydrogen-bond acceptors (Lipinski definition) is 5. The van der Waals surface area contributed by atoms with Crippen LogP contribution in [0, 0.1) is 0 Å². The first kappa shape index (κ1) is 15.3. The molecule has 2 aromatic heterocycles. The van der Waals surface area contributed by atoms with Gasteiger partial charge in [0.1, 0.15) is 12.4 Å². The van der Waals surface area contributed by atoms with Crippen molar-refractivity contribution in [1.82, 2.24) is 15.1 Å². The molecule has 1 fully saturated rings. The summed E-state index contributed by atoms with van der Waals surface area (Å²) in [5.74, 6) is 1.37. The lowest BCUT2D eigenvalue weighted by molar-refractivity contribution is 0.00174. The largest absolute Gasteiger partial charge is 0.467 e. The fourth-order valence-electron chi connectivity index (χ4n) is 2.97. The molecule has 0 amide bonds. The molecule has 1 atom stereocenters. The van der Waals surface area contributed by atoms with Crippen LogP contribution >= 0.6 is 0 Å². The van der Waals surface area contributed by atoms with Crippen molar-refractivity contribution in [3.8, 4) is 0 Å². The Balaban J connectivity index is 1.33. The number of aromatic amines is 1. The highest BCUT2D eigenvalue weighted by Crippen LogP contribution is 2.27. The molecule has 2 N–H and O–H groups in total.